The zero-order chi connectivity index (χ0) is 19.2. The van der Waals surface area contributed by atoms with Crippen LogP contribution in [-0.4, -0.2) is 68.3 Å². The number of carbonyl (C=O) groups excluding carboxylic acids is 1. The van der Waals surface area contributed by atoms with E-state index in [9.17, 15) is 4.79 Å². The summed E-state index contributed by atoms with van der Waals surface area (Å²) in [5.41, 5.74) is 0.816. The molecule has 0 aromatic carbocycles. The average Bonchev–Trinajstić information content (AvgIpc) is 3.41. The number of nitrogens with zero attached hydrogens (tertiary/aromatic N) is 7. The summed E-state index contributed by atoms with van der Waals surface area (Å²) in [6.07, 6.45) is 5.46. The molecule has 0 N–H and O–H groups in total. The zero-order valence-electron chi connectivity index (χ0n) is 16.5. The van der Waals surface area contributed by atoms with Crippen molar-refractivity contribution in [3.05, 3.63) is 22.8 Å². The van der Waals surface area contributed by atoms with Gasteiger partial charge in [0.05, 0.1) is 11.7 Å². The van der Waals surface area contributed by atoms with Gasteiger partial charge in [0, 0.05) is 13.1 Å². The molecule has 1 saturated heterocycles. The van der Waals surface area contributed by atoms with Crippen LogP contribution in [0.1, 0.15) is 65.8 Å². The minimum absolute atomic E-state index is 0.0325. The van der Waals surface area contributed by atoms with Crippen molar-refractivity contribution in [2.24, 2.45) is 0 Å². The molecule has 0 spiro atoms. The van der Waals surface area contributed by atoms with Gasteiger partial charge in [-0.15, -0.1) is 5.10 Å². The Balaban J connectivity index is 1.65. The Labute approximate surface area is 158 Å². The third-order valence-corrected chi connectivity index (χ3v) is 6.22. The van der Waals surface area contributed by atoms with Crippen molar-refractivity contribution in [2.45, 2.75) is 57.5 Å². The molecule has 2 aromatic heterocycles. The molecule has 1 amide bonds. The van der Waals surface area contributed by atoms with E-state index in [1.165, 1.54) is 12.8 Å². The second-order valence-electron chi connectivity index (χ2n) is 7.99. The molecule has 1 aliphatic heterocycles. The number of aryl methyl sites for hydroxylation is 2. The van der Waals surface area contributed by atoms with Gasteiger partial charge in [0.25, 0.3) is 5.91 Å². The quantitative estimate of drug-likeness (QED) is 0.805. The maximum absolute atomic E-state index is 13.1. The first-order chi connectivity index (χ1) is 12.9. The molecular formula is C18H27N7O2. The van der Waals surface area contributed by atoms with Gasteiger partial charge in [-0.2, -0.15) is 0 Å². The highest BCUT2D eigenvalue weighted by molar-refractivity contribution is 5.96. The van der Waals surface area contributed by atoms with Crippen LogP contribution in [0.25, 0.3) is 0 Å². The van der Waals surface area contributed by atoms with Crippen LogP contribution in [0.4, 0.5) is 0 Å². The van der Waals surface area contributed by atoms with E-state index >= 15 is 0 Å². The fraction of sp³-hybridized carbons (Fsp3) is 0.722. The molecule has 2 aliphatic rings. The number of rotatable bonds is 4. The van der Waals surface area contributed by atoms with Crippen LogP contribution in [0.2, 0.25) is 0 Å². The van der Waals surface area contributed by atoms with Crippen molar-refractivity contribution in [2.75, 3.05) is 27.2 Å². The molecule has 2 fully saturated rings. The zero-order valence-corrected chi connectivity index (χ0v) is 16.5. The number of hydrogen-bond acceptors (Lipinski definition) is 7. The Hall–Kier alpha value is -2.29. The number of carbonyl (C=O) groups is 1. The Kier molecular flexibility index (Phi) is 4.49. The number of likely N-dealkylation sites (N-methyl/N-ethyl adjacent to an activating group) is 1. The Morgan fingerprint density at radius 1 is 1.26 bits per heavy atom. The number of likely N-dealkylation sites (tertiary alicyclic amines) is 1. The molecule has 1 unspecified atom stereocenters. The monoisotopic (exact) mass is 373 g/mol. The summed E-state index contributed by atoms with van der Waals surface area (Å²) in [5.74, 6) is 1.40. The summed E-state index contributed by atoms with van der Waals surface area (Å²) >= 11 is 0. The maximum Gasteiger partial charge on any atom is 0.259 e. The van der Waals surface area contributed by atoms with Gasteiger partial charge < -0.3 is 9.42 Å². The van der Waals surface area contributed by atoms with Crippen LogP contribution in [0.3, 0.4) is 0 Å². The van der Waals surface area contributed by atoms with Crippen molar-refractivity contribution >= 4 is 5.91 Å². The third-order valence-electron chi connectivity index (χ3n) is 6.22. The molecule has 4 rings (SSSR count). The highest BCUT2D eigenvalue weighted by atomic mass is 16.5. The minimum Gasteiger partial charge on any atom is -0.361 e. The molecule has 27 heavy (non-hydrogen) atoms. The van der Waals surface area contributed by atoms with Gasteiger partial charge in [-0.05, 0) is 57.6 Å². The van der Waals surface area contributed by atoms with Gasteiger partial charge in [0.15, 0.2) is 5.82 Å². The number of amides is 1. The lowest BCUT2D eigenvalue weighted by Crippen LogP contribution is -2.47. The summed E-state index contributed by atoms with van der Waals surface area (Å²) in [7, 11) is 4.08. The molecule has 1 saturated carbocycles. The van der Waals surface area contributed by atoms with Crippen molar-refractivity contribution in [1.82, 2.24) is 35.2 Å². The summed E-state index contributed by atoms with van der Waals surface area (Å²) in [6.45, 7) is 4.79. The summed E-state index contributed by atoms with van der Waals surface area (Å²) in [4.78, 5) is 17.2. The first-order valence-corrected chi connectivity index (χ1v) is 9.62. The molecule has 1 aliphatic carbocycles. The molecule has 0 bridgehead atoms. The van der Waals surface area contributed by atoms with Crippen molar-refractivity contribution in [1.29, 1.82) is 0 Å². The average molecular weight is 373 g/mol. The van der Waals surface area contributed by atoms with E-state index in [0.29, 0.717) is 36.1 Å². The highest BCUT2D eigenvalue weighted by Gasteiger charge is 2.48. The van der Waals surface area contributed by atoms with Gasteiger partial charge in [0.2, 0.25) is 0 Å². The first kappa shape index (κ1) is 18.1. The van der Waals surface area contributed by atoms with Gasteiger partial charge in [-0.1, -0.05) is 18.0 Å². The normalized spacial score (nSPS) is 23.7. The van der Waals surface area contributed by atoms with Gasteiger partial charge in [0.1, 0.15) is 16.9 Å². The molecule has 2 aromatic rings. The van der Waals surface area contributed by atoms with E-state index in [1.54, 1.807) is 13.8 Å². The lowest BCUT2D eigenvalue weighted by molar-refractivity contribution is 0.0735. The van der Waals surface area contributed by atoms with E-state index in [0.717, 1.165) is 25.1 Å². The number of aromatic nitrogens is 5. The Morgan fingerprint density at radius 2 is 2.00 bits per heavy atom. The van der Waals surface area contributed by atoms with E-state index < -0.39 is 0 Å². The predicted molar refractivity (Wildman–Crippen MR) is 97.2 cm³/mol. The van der Waals surface area contributed by atoms with Crippen molar-refractivity contribution in [3.63, 3.8) is 0 Å². The standard InChI is InChI=1S/C18H27N7O2/c1-12-15(13(2)27-20-12)16(26)24-10-9-18(11-24,23(3)4)17-19-21-22-25(17)14-7-5-6-8-14/h14H,5-11H2,1-4H3. The summed E-state index contributed by atoms with van der Waals surface area (Å²) < 4.78 is 7.20. The van der Waals surface area contributed by atoms with Gasteiger partial charge in [-0.3, -0.25) is 9.69 Å². The van der Waals surface area contributed by atoms with Crippen molar-refractivity contribution in [3.8, 4) is 0 Å². The molecule has 9 nitrogen and oxygen atoms in total. The first-order valence-electron chi connectivity index (χ1n) is 9.62. The fourth-order valence-electron chi connectivity index (χ4n) is 4.56. The molecule has 9 heteroatoms. The summed E-state index contributed by atoms with van der Waals surface area (Å²) in [5, 5.41) is 16.7. The van der Waals surface area contributed by atoms with Crippen LogP contribution < -0.4 is 0 Å². The van der Waals surface area contributed by atoms with Gasteiger partial charge >= 0.3 is 0 Å². The second kappa shape index (κ2) is 6.70. The third kappa shape index (κ3) is 2.84. The Bertz CT molecular complexity index is 817. The smallest absolute Gasteiger partial charge is 0.259 e. The topological polar surface area (TPSA) is 93.2 Å². The largest absolute Gasteiger partial charge is 0.361 e. The maximum atomic E-state index is 13.1. The van der Waals surface area contributed by atoms with E-state index in [1.807, 2.05) is 23.7 Å². The minimum atomic E-state index is -0.388. The van der Waals surface area contributed by atoms with Crippen molar-refractivity contribution < 1.29 is 9.32 Å². The van der Waals surface area contributed by atoms with E-state index in [4.69, 9.17) is 4.52 Å². The van der Waals surface area contributed by atoms with Crippen LogP contribution >= 0.6 is 0 Å². The molecule has 146 valence electrons. The Morgan fingerprint density at radius 3 is 2.63 bits per heavy atom. The van der Waals surface area contributed by atoms with E-state index in [2.05, 4.69) is 25.6 Å². The van der Waals surface area contributed by atoms with Crippen LogP contribution in [0.5, 0.6) is 0 Å². The van der Waals surface area contributed by atoms with Gasteiger partial charge in [-0.25, -0.2) is 4.68 Å². The number of tetrazole rings is 1. The second-order valence-corrected chi connectivity index (χ2v) is 7.99. The summed E-state index contributed by atoms with van der Waals surface area (Å²) in [6, 6.07) is 0.360. The predicted octanol–water partition coefficient (Wildman–Crippen LogP) is 1.70. The molecule has 1 atom stereocenters. The number of hydrogen-bond donors (Lipinski definition) is 0. The van der Waals surface area contributed by atoms with E-state index in [-0.39, 0.29) is 11.4 Å². The highest BCUT2D eigenvalue weighted by Crippen LogP contribution is 2.39. The molecular weight excluding hydrogens is 346 g/mol. The lowest BCUT2D eigenvalue weighted by Gasteiger charge is -2.35. The van der Waals surface area contributed by atoms with Crippen LogP contribution in [0, 0.1) is 13.8 Å². The SMILES string of the molecule is Cc1noc(C)c1C(=O)N1CCC(c2nnnn2C2CCCC2)(N(C)C)C1. The molecule has 0 radical (unpaired) electrons. The fourth-order valence-corrected chi connectivity index (χ4v) is 4.56. The van der Waals surface area contributed by atoms with Crippen LogP contribution in [0.15, 0.2) is 4.52 Å². The van der Waals surface area contributed by atoms with Crippen LogP contribution in [-0.2, 0) is 5.54 Å². The lowest BCUT2D eigenvalue weighted by atomic mass is 9.95. The molecule has 3 heterocycles.